The van der Waals surface area contributed by atoms with E-state index < -0.39 is 17.8 Å². The molecule has 0 aliphatic rings. The molecule has 18 heavy (non-hydrogen) atoms. The number of allylic oxidation sites excluding steroid dienone is 1. The average Bonchev–Trinajstić information content (AvgIpc) is 2.23. The molecule has 0 aromatic rings. The zero-order valence-corrected chi connectivity index (χ0v) is 10.4. The highest BCUT2D eigenvalue weighted by molar-refractivity contribution is 5.90. The quantitative estimate of drug-likeness (QED) is 0.487. The van der Waals surface area contributed by atoms with Crippen LogP contribution in [0.5, 0.6) is 0 Å². The van der Waals surface area contributed by atoms with E-state index >= 15 is 0 Å². The van der Waals surface area contributed by atoms with Gasteiger partial charge in [0.2, 0.25) is 0 Å². The van der Waals surface area contributed by atoms with Gasteiger partial charge in [0.1, 0.15) is 0 Å². The van der Waals surface area contributed by atoms with Crippen LogP contribution in [0.3, 0.4) is 0 Å². The smallest absolute Gasteiger partial charge is 0.328 e. The molecule has 102 valence electrons. The number of amides is 1. The van der Waals surface area contributed by atoms with E-state index in [1.54, 1.807) is 13.0 Å². The molecule has 4 N–H and O–H groups in total. The van der Waals surface area contributed by atoms with Crippen molar-refractivity contribution in [3.8, 4) is 0 Å². The molecule has 0 atom stereocenters. The number of rotatable bonds is 5. The molecule has 0 unspecified atom stereocenters. The van der Waals surface area contributed by atoms with E-state index in [1.165, 1.54) is 0 Å². The number of carboxylic acids is 2. The third kappa shape index (κ3) is 13.7. The highest BCUT2D eigenvalue weighted by atomic mass is 16.5. The summed E-state index contributed by atoms with van der Waals surface area (Å²) in [4.78, 5) is 29.6. The number of carbonyl (C=O) groups excluding carboxylic acids is 1. The Labute approximate surface area is 105 Å². The number of nitrogens with two attached hydrogens (primary N) is 1. The molecular weight excluding hydrogens is 242 g/mol. The van der Waals surface area contributed by atoms with Gasteiger partial charge in [-0.25, -0.2) is 9.59 Å². The summed E-state index contributed by atoms with van der Waals surface area (Å²) < 4.78 is 5.05. The summed E-state index contributed by atoms with van der Waals surface area (Å²) in [6.45, 7) is 5.39. The van der Waals surface area contributed by atoms with Crippen LogP contribution in [0.25, 0.3) is 0 Å². The van der Waals surface area contributed by atoms with Crippen LogP contribution in [0.2, 0.25) is 0 Å². The Morgan fingerprint density at radius 1 is 1.11 bits per heavy atom. The van der Waals surface area contributed by atoms with E-state index in [0.717, 1.165) is 0 Å². The third-order valence-electron chi connectivity index (χ3n) is 1.24. The largest absolute Gasteiger partial charge is 0.486 e. The van der Waals surface area contributed by atoms with Crippen LogP contribution in [0.15, 0.2) is 24.0 Å². The molecule has 0 radical (unpaired) electrons. The Morgan fingerprint density at radius 2 is 1.50 bits per heavy atom. The highest BCUT2D eigenvalue weighted by Gasteiger charge is 2.05. The fourth-order valence-corrected chi connectivity index (χ4v) is 0.665. The topological polar surface area (TPSA) is 127 Å². The van der Waals surface area contributed by atoms with Crippen LogP contribution in [0.1, 0.15) is 20.8 Å². The lowest BCUT2D eigenvalue weighted by molar-refractivity contribution is -0.134. The molecule has 0 aromatic heterocycles. The van der Waals surface area contributed by atoms with E-state index in [4.69, 9.17) is 20.7 Å². The minimum atomic E-state index is -1.26. The predicted octanol–water partition coefficient (Wildman–Crippen LogP) is 0.512. The van der Waals surface area contributed by atoms with Crippen molar-refractivity contribution in [2.24, 2.45) is 5.73 Å². The average molecular weight is 259 g/mol. The first-order valence-corrected chi connectivity index (χ1v) is 4.97. The van der Waals surface area contributed by atoms with Crippen molar-refractivity contribution in [3.05, 3.63) is 24.0 Å². The van der Waals surface area contributed by atoms with Crippen LogP contribution in [-0.4, -0.2) is 34.2 Å². The minimum Gasteiger partial charge on any atom is -0.486 e. The standard InChI is InChI=1S/C7H13NO2.C4H4O4/c1-4-6(7(8)9)10-5(2)3;5-3(6)1-2-4(7)8/h4-5H,1-3H3,(H2,8,9);1-2H,(H,5,6)(H,7,8)/b6-4-;2-1-. The van der Waals surface area contributed by atoms with Gasteiger partial charge < -0.3 is 20.7 Å². The monoisotopic (exact) mass is 259 g/mol. The lowest BCUT2D eigenvalue weighted by Crippen LogP contribution is -2.18. The molecule has 0 fully saturated rings. The number of carboxylic acid groups (broad SMARTS) is 2. The molecule has 0 bridgehead atoms. The van der Waals surface area contributed by atoms with Crippen LogP contribution >= 0.6 is 0 Å². The SMILES string of the molecule is C/C=C(\OC(C)C)C(N)=O.O=C(O)/C=C\C(=O)O. The Bertz CT molecular complexity index is 341. The van der Waals surface area contributed by atoms with Gasteiger partial charge in [-0.1, -0.05) is 0 Å². The Morgan fingerprint density at radius 3 is 1.61 bits per heavy atom. The maximum Gasteiger partial charge on any atom is 0.328 e. The van der Waals surface area contributed by atoms with E-state index in [2.05, 4.69) is 0 Å². The summed E-state index contributed by atoms with van der Waals surface area (Å²) in [5, 5.41) is 15.6. The summed E-state index contributed by atoms with van der Waals surface area (Å²) in [6, 6.07) is 0. The summed E-state index contributed by atoms with van der Waals surface area (Å²) in [5.41, 5.74) is 4.96. The fraction of sp³-hybridized carbons (Fsp3) is 0.364. The summed E-state index contributed by atoms with van der Waals surface area (Å²) >= 11 is 0. The second-order valence-electron chi connectivity index (χ2n) is 3.19. The van der Waals surface area contributed by atoms with Crippen molar-refractivity contribution in [2.45, 2.75) is 26.9 Å². The van der Waals surface area contributed by atoms with Crippen molar-refractivity contribution in [1.29, 1.82) is 0 Å². The van der Waals surface area contributed by atoms with Gasteiger partial charge in [-0.15, -0.1) is 0 Å². The molecule has 0 aliphatic carbocycles. The number of carbonyl (C=O) groups is 3. The molecule has 0 aliphatic heterocycles. The number of hydrogen-bond acceptors (Lipinski definition) is 4. The molecule has 0 aromatic carbocycles. The fourth-order valence-electron chi connectivity index (χ4n) is 0.665. The maximum atomic E-state index is 10.5. The van der Waals surface area contributed by atoms with Crippen LogP contribution < -0.4 is 5.73 Å². The van der Waals surface area contributed by atoms with Gasteiger partial charge in [-0.3, -0.25) is 4.79 Å². The molecule has 7 nitrogen and oxygen atoms in total. The van der Waals surface area contributed by atoms with Gasteiger partial charge in [0.25, 0.3) is 5.91 Å². The van der Waals surface area contributed by atoms with Crippen LogP contribution in [-0.2, 0) is 19.1 Å². The Kier molecular flexibility index (Phi) is 9.92. The van der Waals surface area contributed by atoms with Crippen molar-refractivity contribution in [3.63, 3.8) is 0 Å². The van der Waals surface area contributed by atoms with Gasteiger partial charge in [0, 0.05) is 12.2 Å². The number of aliphatic carboxylic acids is 2. The van der Waals surface area contributed by atoms with Crippen LogP contribution in [0, 0.1) is 0 Å². The second-order valence-corrected chi connectivity index (χ2v) is 3.19. The van der Waals surface area contributed by atoms with E-state index in [-0.39, 0.29) is 11.9 Å². The second kappa shape index (κ2) is 9.88. The number of ether oxygens (including phenoxy) is 1. The van der Waals surface area contributed by atoms with E-state index in [9.17, 15) is 14.4 Å². The lowest BCUT2D eigenvalue weighted by atomic mass is 10.4. The summed E-state index contributed by atoms with van der Waals surface area (Å²) in [6.07, 6.45) is 2.67. The Balaban J connectivity index is 0. The van der Waals surface area contributed by atoms with Crippen LogP contribution in [0.4, 0.5) is 0 Å². The highest BCUT2D eigenvalue weighted by Crippen LogP contribution is 2.00. The number of primary amides is 1. The van der Waals surface area contributed by atoms with Crippen molar-refractivity contribution in [1.82, 2.24) is 0 Å². The summed E-state index contributed by atoms with van der Waals surface area (Å²) in [5.74, 6) is -2.80. The molecule has 0 rings (SSSR count). The summed E-state index contributed by atoms with van der Waals surface area (Å²) in [7, 11) is 0. The Hall–Kier alpha value is -2.31. The normalized spacial score (nSPS) is 10.8. The maximum absolute atomic E-state index is 10.5. The zero-order valence-electron chi connectivity index (χ0n) is 10.4. The van der Waals surface area contributed by atoms with Gasteiger partial charge in [0.05, 0.1) is 6.10 Å². The van der Waals surface area contributed by atoms with Crippen molar-refractivity contribution < 1.29 is 29.3 Å². The minimum absolute atomic E-state index is 0.00120. The lowest BCUT2D eigenvalue weighted by Gasteiger charge is -2.09. The molecular formula is C11H17NO6. The van der Waals surface area contributed by atoms with Crippen molar-refractivity contribution >= 4 is 17.8 Å². The first kappa shape index (κ1) is 18.1. The predicted molar refractivity (Wildman–Crippen MR) is 63.6 cm³/mol. The van der Waals surface area contributed by atoms with Gasteiger partial charge in [0.15, 0.2) is 5.76 Å². The number of hydrogen-bond donors (Lipinski definition) is 3. The molecule has 0 saturated carbocycles. The molecule has 0 spiro atoms. The third-order valence-corrected chi connectivity index (χ3v) is 1.24. The molecule has 1 amide bonds. The van der Waals surface area contributed by atoms with Gasteiger partial charge in [-0.05, 0) is 26.8 Å². The molecule has 0 saturated heterocycles. The zero-order chi connectivity index (χ0) is 14.7. The van der Waals surface area contributed by atoms with Gasteiger partial charge >= 0.3 is 11.9 Å². The first-order valence-electron chi connectivity index (χ1n) is 4.97. The van der Waals surface area contributed by atoms with E-state index in [0.29, 0.717) is 12.2 Å². The van der Waals surface area contributed by atoms with Crippen molar-refractivity contribution in [2.75, 3.05) is 0 Å². The molecule has 0 heterocycles. The molecule has 7 heteroatoms. The first-order chi connectivity index (χ1) is 8.20. The van der Waals surface area contributed by atoms with Gasteiger partial charge in [-0.2, -0.15) is 0 Å². The van der Waals surface area contributed by atoms with E-state index in [1.807, 2.05) is 13.8 Å².